The lowest BCUT2D eigenvalue weighted by molar-refractivity contribution is -0.108. The smallest absolute Gasteiger partial charge is 0.133 e. The molecule has 3 heteroatoms. The van der Waals surface area contributed by atoms with Gasteiger partial charge in [-0.2, -0.15) is 0 Å². The topological polar surface area (TPSA) is 26.3 Å². The van der Waals surface area contributed by atoms with Gasteiger partial charge in [0.1, 0.15) is 12.0 Å². The van der Waals surface area contributed by atoms with Crippen LogP contribution in [0, 0.1) is 5.92 Å². The van der Waals surface area contributed by atoms with Gasteiger partial charge in [-0.1, -0.05) is 25.3 Å². The molecule has 2 nitrogen and oxygen atoms in total. The number of hydrogen-bond acceptors (Lipinski definition) is 3. The van der Waals surface area contributed by atoms with E-state index in [1.165, 1.54) is 32.1 Å². The summed E-state index contributed by atoms with van der Waals surface area (Å²) in [6, 6.07) is 7.96. The second-order valence-corrected chi connectivity index (χ2v) is 6.05. The van der Waals surface area contributed by atoms with Crippen molar-refractivity contribution in [3.05, 3.63) is 24.3 Å². The van der Waals surface area contributed by atoms with Gasteiger partial charge in [-0.3, -0.25) is 0 Å². The number of hydrogen-bond donors (Lipinski definition) is 0. The standard InChI is InChI=1S/C15H20O2S/c1-17-13-8-5-9-14(10-13)18-15(11-16)12-6-3-2-4-7-12/h5,8-12,15H,2-4,6-7H2,1H3. The van der Waals surface area contributed by atoms with E-state index in [-0.39, 0.29) is 5.25 Å². The Hall–Kier alpha value is -0.960. The van der Waals surface area contributed by atoms with E-state index in [9.17, 15) is 4.79 Å². The summed E-state index contributed by atoms with van der Waals surface area (Å²) >= 11 is 1.68. The Kier molecular flexibility index (Phi) is 5.12. The summed E-state index contributed by atoms with van der Waals surface area (Å²) in [5, 5.41) is 0.0948. The molecular formula is C15H20O2S. The van der Waals surface area contributed by atoms with Crippen LogP contribution >= 0.6 is 11.8 Å². The van der Waals surface area contributed by atoms with Crippen LogP contribution in [-0.4, -0.2) is 18.6 Å². The van der Waals surface area contributed by atoms with Gasteiger partial charge < -0.3 is 9.53 Å². The highest BCUT2D eigenvalue weighted by Crippen LogP contribution is 2.36. The highest BCUT2D eigenvalue weighted by atomic mass is 32.2. The third kappa shape index (κ3) is 3.52. The number of carbonyl (C=O) groups excluding carboxylic acids is 1. The number of thioether (sulfide) groups is 1. The van der Waals surface area contributed by atoms with Crippen molar-refractivity contribution in [2.75, 3.05) is 7.11 Å². The Bertz CT molecular complexity index is 386. The van der Waals surface area contributed by atoms with Gasteiger partial charge in [0.15, 0.2) is 0 Å². The van der Waals surface area contributed by atoms with Gasteiger partial charge in [-0.05, 0) is 37.0 Å². The molecule has 0 amide bonds. The number of aldehydes is 1. The number of methoxy groups -OCH3 is 1. The molecule has 1 saturated carbocycles. The van der Waals surface area contributed by atoms with Crippen molar-refractivity contribution in [1.82, 2.24) is 0 Å². The Morgan fingerprint density at radius 2 is 2.11 bits per heavy atom. The Morgan fingerprint density at radius 3 is 2.78 bits per heavy atom. The van der Waals surface area contributed by atoms with E-state index in [4.69, 9.17) is 4.74 Å². The molecule has 2 rings (SSSR count). The van der Waals surface area contributed by atoms with Gasteiger partial charge in [0.05, 0.1) is 12.4 Å². The minimum Gasteiger partial charge on any atom is -0.497 e. The molecule has 1 fully saturated rings. The van der Waals surface area contributed by atoms with E-state index in [2.05, 4.69) is 0 Å². The molecule has 1 unspecified atom stereocenters. The molecule has 1 aliphatic rings. The highest BCUT2D eigenvalue weighted by Gasteiger charge is 2.24. The van der Waals surface area contributed by atoms with Crippen molar-refractivity contribution in [3.8, 4) is 5.75 Å². The maximum Gasteiger partial charge on any atom is 0.133 e. The molecule has 18 heavy (non-hydrogen) atoms. The minimum absolute atomic E-state index is 0.0948. The van der Waals surface area contributed by atoms with Crippen LogP contribution in [0.1, 0.15) is 32.1 Å². The molecule has 0 heterocycles. The van der Waals surface area contributed by atoms with E-state index >= 15 is 0 Å². The third-order valence-corrected chi connectivity index (χ3v) is 4.86. The van der Waals surface area contributed by atoms with Crippen LogP contribution in [0.4, 0.5) is 0 Å². The largest absolute Gasteiger partial charge is 0.497 e. The van der Waals surface area contributed by atoms with E-state index in [0.717, 1.165) is 16.9 Å². The normalized spacial score (nSPS) is 18.3. The molecule has 1 aromatic rings. The van der Waals surface area contributed by atoms with E-state index in [1.54, 1.807) is 18.9 Å². The number of ether oxygens (including phenoxy) is 1. The zero-order chi connectivity index (χ0) is 12.8. The summed E-state index contributed by atoms with van der Waals surface area (Å²) in [5.41, 5.74) is 0. The predicted octanol–water partition coefficient (Wildman–Crippen LogP) is 3.94. The molecule has 0 saturated heterocycles. The summed E-state index contributed by atoms with van der Waals surface area (Å²) in [5.74, 6) is 1.40. The number of carbonyl (C=O) groups is 1. The lowest BCUT2D eigenvalue weighted by Crippen LogP contribution is -2.21. The van der Waals surface area contributed by atoms with Crippen LogP contribution in [0.15, 0.2) is 29.2 Å². The first kappa shape index (κ1) is 13.5. The fraction of sp³-hybridized carbons (Fsp3) is 0.533. The summed E-state index contributed by atoms with van der Waals surface area (Å²) in [7, 11) is 1.67. The molecule has 0 aliphatic heterocycles. The summed E-state index contributed by atoms with van der Waals surface area (Å²) in [4.78, 5) is 12.4. The van der Waals surface area contributed by atoms with Crippen molar-refractivity contribution >= 4 is 18.0 Å². The summed E-state index contributed by atoms with van der Waals surface area (Å²) in [6.07, 6.45) is 7.38. The zero-order valence-electron chi connectivity index (χ0n) is 10.8. The lowest BCUT2D eigenvalue weighted by Gasteiger charge is -2.26. The molecule has 0 radical (unpaired) electrons. The van der Waals surface area contributed by atoms with Crippen LogP contribution in [0.5, 0.6) is 5.75 Å². The van der Waals surface area contributed by atoms with Crippen LogP contribution in [-0.2, 0) is 4.79 Å². The van der Waals surface area contributed by atoms with Gasteiger partial charge in [-0.25, -0.2) is 0 Å². The first-order valence-corrected chi connectivity index (χ1v) is 7.47. The summed E-state index contributed by atoms with van der Waals surface area (Å²) in [6.45, 7) is 0. The SMILES string of the molecule is COc1cccc(SC(C=O)C2CCCCC2)c1. The third-order valence-electron chi connectivity index (χ3n) is 3.56. The van der Waals surface area contributed by atoms with Gasteiger partial charge in [0.25, 0.3) is 0 Å². The van der Waals surface area contributed by atoms with Gasteiger partial charge in [0.2, 0.25) is 0 Å². The van der Waals surface area contributed by atoms with E-state index in [0.29, 0.717) is 5.92 Å². The molecule has 0 N–H and O–H groups in total. The monoisotopic (exact) mass is 264 g/mol. The maximum absolute atomic E-state index is 11.3. The van der Waals surface area contributed by atoms with Crippen molar-refractivity contribution in [1.29, 1.82) is 0 Å². The van der Waals surface area contributed by atoms with E-state index < -0.39 is 0 Å². The number of rotatable bonds is 5. The minimum atomic E-state index is 0.0948. The Morgan fingerprint density at radius 1 is 1.33 bits per heavy atom. The van der Waals surface area contributed by atoms with Gasteiger partial charge >= 0.3 is 0 Å². The molecule has 98 valence electrons. The molecule has 1 atom stereocenters. The quantitative estimate of drug-likeness (QED) is 0.595. The second kappa shape index (κ2) is 6.83. The molecule has 1 aromatic carbocycles. The maximum atomic E-state index is 11.3. The average Bonchev–Trinajstić information content (AvgIpc) is 2.46. The molecule has 0 spiro atoms. The highest BCUT2D eigenvalue weighted by molar-refractivity contribution is 8.00. The van der Waals surface area contributed by atoms with Crippen molar-refractivity contribution in [2.24, 2.45) is 5.92 Å². The Labute approximate surface area is 113 Å². The molecular weight excluding hydrogens is 244 g/mol. The second-order valence-electron chi connectivity index (χ2n) is 4.80. The van der Waals surface area contributed by atoms with Crippen molar-refractivity contribution < 1.29 is 9.53 Å². The first-order valence-electron chi connectivity index (χ1n) is 6.59. The van der Waals surface area contributed by atoms with Gasteiger partial charge in [0, 0.05) is 4.90 Å². The van der Waals surface area contributed by atoms with Crippen molar-refractivity contribution in [3.63, 3.8) is 0 Å². The van der Waals surface area contributed by atoms with Crippen LogP contribution in [0.2, 0.25) is 0 Å². The predicted molar refractivity (Wildman–Crippen MR) is 75.3 cm³/mol. The van der Waals surface area contributed by atoms with E-state index in [1.807, 2.05) is 24.3 Å². The molecule has 0 aromatic heterocycles. The molecule has 0 bridgehead atoms. The van der Waals surface area contributed by atoms with Crippen molar-refractivity contribution in [2.45, 2.75) is 42.2 Å². The summed E-state index contributed by atoms with van der Waals surface area (Å²) < 4.78 is 5.21. The van der Waals surface area contributed by atoms with Gasteiger partial charge in [-0.15, -0.1) is 11.8 Å². The Balaban J connectivity index is 2.02. The van der Waals surface area contributed by atoms with Crippen LogP contribution < -0.4 is 4.74 Å². The average molecular weight is 264 g/mol. The van der Waals surface area contributed by atoms with Crippen LogP contribution in [0.3, 0.4) is 0 Å². The molecule has 1 aliphatic carbocycles. The lowest BCUT2D eigenvalue weighted by atomic mass is 9.87. The fourth-order valence-electron chi connectivity index (χ4n) is 2.53. The zero-order valence-corrected chi connectivity index (χ0v) is 11.6. The fourth-order valence-corrected chi connectivity index (χ4v) is 3.71. The first-order chi connectivity index (χ1) is 8.83. The van der Waals surface area contributed by atoms with Crippen LogP contribution in [0.25, 0.3) is 0 Å². The number of benzene rings is 1.